The Kier molecular flexibility index (Phi) is 11.0. The number of aryl methyl sites for hydroxylation is 1. The first-order valence-corrected chi connectivity index (χ1v) is 9.56. The van der Waals surface area contributed by atoms with Crippen LogP contribution in [0.15, 0.2) is 35.3 Å². The molecule has 1 aromatic heterocycles. The molecule has 0 aliphatic heterocycles. The van der Waals surface area contributed by atoms with Gasteiger partial charge >= 0.3 is 0 Å². The Labute approximate surface area is 180 Å². The molecule has 0 amide bonds. The highest BCUT2D eigenvalue weighted by molar-refractivity contribution is 14.0. The lowest BCUT2D eigenvalue weighted by molar-refractivity contribution is 0.630. The molecule has 2 rings (SSSR count). The number of aromatic nitrogens is 3. The molecule has 2 N–H and O–H groups in total. The van der Waals surface area contributed by atoms with Crippen molar-refractivity contribution >= 4 is 29.9 Å². The van der Waals surface area contributed by atoms with Crippen LogP contribution in [0.25, 0.3) is 0 Å². The molecule has 1 aromatic carbocycles. The largest absolute Gasteiger partial charge is 0.356 e. The maximum atomic E-state index is 4.72. The third kappa shape index (κ3) is 7.86. The number of aliphatic imine (C=N–C) groups is 1. The third-order valence-electron chi connectivity index (χ3n) is 4.54. The number of hydrogen-bond donors (Lipinski definition) is 2. The van der Waals surface area contributed by atoms with E-state index >= 15 is 0 Å². The summed E-state index contributed by atoms with van der Waals surface area (Å²) < 4.78 is 1.98. The van der Waals surface area contributed by atoms with Crippen LogP contribution in [-0.2, 0) is 13.6 Å². The second kappa shape index (κ2) is 12.7. The summed E-state index contributed by atoms with van der Waals surface area (Å²) in [6.07, 6.45) is 4.92. The van der Waals surface area contributed by atoms with Gasteiger partial charge in [-0.15, -0.1) is 34.2 Å². The first-order valence-electron chi connectivity index (χ1n) is 9.56. The summed E-state index contributed by atoms with van der Waals surface area (Å²) >= 11 is 0. The lowest BCUT2D eigenvalue weighted by Gasteiger charge is -2.18. The highest BCUT2D eigenvalue weighted by atomic mass is 127. The van der Waals surface area contributed by atoms with E-state index in [2.05, 4.69) is 58.9 Å². The summed E-state index contributed by atoms with van der Waals surface area (Å²) in [7, 11) is 1.97. The minimum atomic E-state index is 0. The van der Waals surface area contributed by atoms with Gasteiger partial charge in [0.25, 0.3) is 0 Å². The van der Waals surface area contributed by atoms with Crippen molar-refractivity contribution in [3.63, 3.8) is 0 Å². The summed E-state index contributed by atoms with van der Waals surface area (Å²) in [4.78, 5) is 4.72. The normalized spacial score (nSPS) is 12.4. The highest BCUT2D eigenvalue weighted by Crippen LogP contribution is 2.11. The fraction of sp³-hybridized carbons (Fsp3) is 0.550. The number of nitrogens with zero attached hydrogens (tertiary/aromatic N) is 4. The van der Waals surface area contributed by atoms with Crippen molar-refractivity contribution < 1.29 is 0 Å². The fourth-order valence-electron chi connectivity index (χ4n) is 2.68. The van der Waals surface area contributed by atoms with E-state index < -0.39 is 0 Å². The van der Waals surface area contributed by atoms with Gasteiger partial charge in [0.15, 0.2) is 11.8 Å². The molecular formula is C20H33IN6. The minimum Gasteiger partial charge on any atom is -0.356 e. The van der Waals surface area contributed by atoms with E-state index in [-0.39, 0.29) is 30.0 Å². The van der Waals surface area contributed by atoms with E-state index in [9.17, 15) is 0 Å². The zero-order chi connectivity index (χ0) is 18.8. The minimum absolute atomic E-state index is 0. The Bertz CT molecular complexity index is 683. The van der Waals surface area contributed by atoms with Crippen LogP contribution in [0.4, 0.5) is 0 Å². The van der Waals surface area contributed by atoms with Crippen LogP contribution in [0.3, 0.4) is 0 Å². The zero-order valence-corrected chi connectivity index (χ0v) is 19.2. The summed E-state index contributed by atoms with van der Waals surface area (Å²) in [6.45, 7) is 7.75. The number of guanidine groups is 1. The average molecular weight is 484 g/mol. The number of halogens is 1. The quantitative estimate of drug-likeness (QED) is 0.243. The van der Waals surface area contributed by atoms with Gasteiger partial charge in [0, 0.05) is 13.6 Å². The smallest absolute Gasteiger partial charge is 0.192 e. The summed E-state index contributed by atoms with van der Waals surface area (Å²) in [5.41, 5.74) is 1.24. The molecular weight excluding hydrogens is 451 g/mol. The van der Waals surface area contributed by atoms with Crippen molar-refractivity contribution in [1.29, 1.82) is 0 Å². The molecule has 6 nitrogen and oxygen atoms in total. The van der Waals surface area contributed by atoms with Gasteiger partial charge in [0.05, 0.1) is 6.04 Å². The molecule has 0 aliphatic carbocycles. The SMILES string of the molecule is CCCCCCNC(=NCc1nnc(C)n1C)NC(C)c1ccccc1.I. The van der Waals surface area contributed by atoms with E-state index in [0.29, 0.717) is 6.54 Å². The summed E-state index contributed by atoms with van der Waals surface area (Å²) in [5, 5.41) is 15.3. The number of hydrogen-bond acceptors (Lipinski definition) is 3. The molecule has 0 aliphatic rings. The van der Waals surface area contributed by atoms with Crippen molar-refractivity contribution in [1.82, 2.24) is 25.4 Å². The second-order valence-electron chi connectivity index (χ2n) is 6.65. The fourth-order valence-corrected chi connectivity index (χ4v) is 2.68. The van der Waals surface area contributed by atoms with Crippen LogP contribution in [0, 0.1) is 6.92 Å². The van der Waals surface area contributed by atoms with Crippen LogP contribution >= 0.6 is 24.0 Å². The molecule has 27 heavy (non-hydrogen) atoms. The van der Waals surface area contributed by atoms with Gasteiger partial charge in [-0.2, -0.15) is 0 Å². The Morgan fingerprint density at radius 1 is 1.15 bits per heavy atom. The second-order valence-corrected chi connectivity index (χ2v) is 6.65. The van der Waals surface area contributed by atoms with Crippen molar-refractivity contribution in [2.24, 2.45) is 12.0 Å². The Morgan fingerprint density at radius 3 is 2.52 bits per heavy atom. The predicted molar refractivity (Wildman–Crippen MR) is 122 cm³/mol. The summed E-state index contributed by atoms with van der Waals surface area (Å²) in [6, 6.07) is 10.6. The molecule has 2 aromatic rings. The zero-order valence-electron chi connectivity index (χ0n) is 16.9. The van der Waals surface area contributed by atoms with Crippen LogP contribution in [-0.4, -0.2) is 27.3 Å². The van der Waals surface area contributed by atoms with E-state index in [1.54, 1.807) is 0 Å². The molecule has 0 fully saturated rings. The number of benzene rings is 1. The molecule has 0 saturated heterocycles. The highest BCUT2D eigenvalue weighted by Gasteiger charge is 2.09. The van der Waals surface area contributed by atoms with E-state index in [4.69, 9.17) is 4.99 Å². The molecule has 0 bridgehead atoms. The molecule has 7 heteroatoms. The Balaban J connectivity index is 0.00000364. The van der Waals surface area contributed by atoms with Gasteiger partial charge < -0.3 is 15.2 Å². The maximum Gasteiger partial charge on any atom is 0.192 e. The van der Waals surface area contributed by atoms with Gasteiger partial charge in [0.2, 0.25) is 0 Å². The molecule has 0 radical (unpaired) electrons. The number of unbranched alkanes of at least 4 members (excludes halogenated alkanes) is 3. The average Bonchev–Trinajstić information content (AvgIpc) is 2.98. The third-order valence-corrected chi connectivity index (χ3v) is 4.54. The van der Waals surface area contributed by atoms with Crippen LogP contribution < -0.4 is 10.6 Å². The summed E-state index contributed by atoms with van der Waals surface area (Å²) in [5.74, 6) is 2.58. The monoisotopic (exact) mass is 484 g/mol. The van der Waals surface area contributed by atoms with Crippen molar-refractivity contribution in [3.05, 3.63) is 47.5 Å². The number of nitrogens with one attached hydrogen (secondary N) is 2. The van der Waals surface area contributed by atoms with Gasteiger partial charge in [0.1, 0.15) is 12.4 Å². The maximum absolute atomic E-state index is 4.72. The van der Waals surface area contributed by atoms with Gasteiger partial charge in [-0.25, -0.2) is 4.99 Å². The van der Waals surface area contributed by atoms with Gasteiger partial charge in [-0.1, -0.05) is 56.5 Å². The standard InChI is InChI=1S/C20H32N6.HI/c1-5-6-7-11-14-21-20(22-15-19-25-24-17(3)26(19)4)23-16(2)18-12-9-8-10-13-18;/h8-10,12-13,16H,5-7,11,14-15H2,1-4H3,(H2,21,22,23);1H. The predicted octanol–water partition coefficient (Wildman–Crippen LogP) is 4.12. The molecule has 150 valence electrons. The molecule has 1 atom stereocenters. The molecule has 1 heterocycles. The van der Waals surface area contributed by atoms with E-state index in [1.165, 1.54) is 24.8 Å². The Morgan fingerprint density at radius 2 is 1.89 bits per heavy atom. The van der Waals surface area contributed by atoms with E-state index in [0.717, 1.165) is 30.6 Å². The van der Waals surface area contributed by atoms with Crippen LogP contribution in [0.1, 0.15) is 62.8 Å². The van der Waals surface area contributed by atoms with E-state index in [1.807, 2.05) is 24.6 Å². The van der Waals surface area contributed by atoms with Gasteiger partial charge in [-0.05, 0) is 25.8 Å². The lowest BCUT2D eigenvalue weighted by Crippen LogP contribution is -2.39. The first kappa shape index (κ1) is 23.4. The van der Waals surface area contributed by atoms with Crippen LogP contribution in [0.2, 0.25) is 0 Å². The first-order chi connectivity index (χ1) is 12.6. The van der Waals surface area contributed by atoms with Crippen LogP contribution in [0.5, 0.6) is 0 Å². The van der Waals surface area contributed by atoms with Crippen molar-refractivity contribution in [2.75, 3.05) is 6.54 Å². The lowest BCUT2D eigenvalue weighted by atomic mass is 10.1. The Hall–Kier alpha value is -1.64. The van der Waals surface area contributed by atoms with Gasteiger partial charge in [-0.3, -0.25) is 0 Å². The van der Waals surface area contributed by atoms with Crippen molar-refractivity contribution in [2.45, 2.75) is 59.0 Å². The number of rotatable bonds is 9. The molecule has 1 unspecified atom stereocenters. The van der Waals surface area contributed by atoms with Crippen molar-refractivity contribution in [3.8, 4) is 0 Å². The molecule has 0 saturated carbocycles. The topological polar surface area (TPSA) is 67.1 Å². The molecule has 0 spiro atoms.